The second-order valence-electron chi connectivity index (χ2n) is 3.79. The highest BCUT2D eigenvalue weighted by molar-refractivity contribution is 7.10. The van der Waals surface area contributed by atoms with Crippen LogP contribution in [0, 0.1) is 0 Å². The molecule has 1 heterocycles. The summed E-state index contributed by atoms with van der Waals surface area (Å²) in [5.74, 6) is 0.347. The highest BCUT2D eigenvalue weighted by atomic mass is 32.1. The van der Waals surface area contributed by atoms with Gasteiger partial charge >= 0.3 is 0 Å². The lowest BCUT2D eigenvalue weighted by molar-refractivity contribution is -0.111. The maximum atomic E-state index is 11.7. The van der Waals surface area contributed by atoms with Crippen LogP contribution < -0.4 is 15.8 Å². The van der Waals surface area contributed by atoms with Crippen molar-refractivity contribution in [1.82, 2.24) is 0 Å². The summed E-state index contributed by atoms with van der Waals surface area (Å²) in [6, 6.07) is 8.99. The third-order valence-electron chi connectivity index (χ3n) is 2.44. The first kappa shape index (κ1) is 13.2. The van der Waals surface area contributed by atoms with E-state index in [9.17, 15) is 4.79 Å². The summed E-state index contributed by atoms with van der Waals surface area (Å²) in [6.07, 6.45) is 3.27. The van der Waals surface area contributed by atoms with Crippen LogP contribution in [-0.2, 0) is 4.79 Å². The molecule has 2 rings (SSSR count). The molecule has 1 amide bonds. The lowest BCUT2D eigenvalue weighted by Crippen LogP contribution is -2.08. The van der Waals surface area contributed by atoms with Gasteiger partial charge in [0.05, 0.1) is 12.8 Å². The molecule has 0 aliphatic carbocycles. The fraction of sp³-hybridized carbons (Fsp3) is 0.0714. The van der Waals surface area contributed by atoms with E-state index in [0.29, 0.717) is 17.1 Å². The standard InChI is InChI=1S/C14H14N2O2S/c1-18-13-9-10(4-6-12(13)15)16-14(17)7-5-11-3-2-8-19-11/h2-9H,15H2,1H3,(H,16,17)/b7-5+. The fourth-order valence-electron chi connectivity index (χ4n) is 1.52. The number of hydrogen-bond acceptors (Lipinski definition) is 4. The SMILES string of the molecule is COc1cc(NC(=O)/C=C/c2cccs2)ccc1N. The Labute approximate surface area is 115 Å². The fourth-order valence-corrected chi connectivity index (χ4v) is 2.13. The number of carbonyl (C=O) groups excluding carboxylic acids is 1. The van der Waals surface area contributed by atoms with Crippen LogP contribution in [0.3, 0.4) is 0 Å². The van der Waals surface area contributed by atoms with E-state index in [1.807, 2.05) is 17.5 Å². The van der Waals surface area contributed by atoms with Crippen LogP contribution in [0.2, 0.25) is 0 Å². The van der Waals surface area contributed by atoms with Crippen LogP contribution >= 0.6 is 11.3 Å². The topological polar surface area (TPSA) is 64.3 Å². The Morgan fingerprint density at radius 1 is 1.42 bits per heavy atom. The Morgan fingerprint density at radius 3 is 2.95 bits per heavy atom. The average molecular weight is 274 g/mol. The third-order valence-corrected chi connectivity index (χ3v) is 3.28. The van der Waals surface area contributed by atoms with Crippen LogP contribution in [0.15, 0.2) is 41.8 Å². The monoisotopic (exact) mass is 274 g/mol. The second-order valence-corrected chi connectivity index (χ2v) is 4.77. The molecule has 0 saturated carbocycles. The Balaban J connectivity index is 2.03. The van der Waals surface area contributed by atoms with Crippen molar-refractivity contribution >= 4 is 34.7 Å². The van der Waals surface area contributed by atoms with Gasteiger partial charge in [0.1, 0.15) is 5.75 Å². The highest BCUT2D eigenvalue weighted by Gasteiger charge is 2.03. The van der Waals surface area contributed by atoms with Gasteiger partial charge in [0.15, 0.2) is 0 Å². The number of hydrogen-bond donors (Lipinski definition) is 2. The summed E-state index contributed by atoms with van der Waals surface area (Å²) < 4.78 is 5.09. The van der Waals surface area contributed by atoms with Crippen molar-refractivity contribution in [2.75, 3.05) is 18.2 Å². The van der Waals surface area contributed by atoms with Gasteiger partial charge in [-0.25, -0.2) is 0 Å². The molecule has 98 valence electrons. The molecule has 0 bridgehead atoms. The van der Waals surface area contributed by atoms with Gasteiger partial charge in [-0.15, -0.1) is 11.3 Å². The van der Waals surface area contributed by atoms with Crippen LogP contribution in [0.4, 0.5) is 11.4 Å². The van der Waals surface area contributed by atoms with Crippen molar-refractivity contribution < 1.29 is 9.53 Å². The number of nitrogens with two attached hydrogens (primary N) is 1. The lowest BCUT2D eigenvalue weighted by Gasteiger charge is -2.07. The largest absolute Gasteiger partial charge is 0.495 e. The number of amides is 1. The molecule has 0 unspecified atom stereocenters. The molecule has 4 nitrogen and oxygen atoms in total. The van der Waals surface area contributed by atoms with Gasteiger partial charge in [-0.3, -0.25) is 4.79 Å². The number of anilines is 2. The molecule has 2 aromatic rings. The highest BCUT2D eigenvalue weighted by Crippen LogP contribution is 2.24. The molecule has 0 radical (unpaired) electrons. The number of nitrogens with one attached hydrogen (secondary N) is 1. The number of nitrogen functional groups attached to an aromatic ring is 1. The van der Waals surface area contributed by atoms with Crippen molar-refractivity contribution in [3.05, 3.63) is 46.7 Å². The molecule has 19 heavy (non-hydrogen) atoms. The lowest BCUT2D eigenvalue weighted by atomic mass is 10.2. The first-order chi connectivity index (χ1) is 9.19. The predicted molar refractivity (Wildman–Crippen MR) is 79.4 cm³/mol. The smallest absolute Gasteiger partial charge is 0.248 e. The van der Waals surface area contributed by atoms with E-state index < -0.39 is 0 Å². The van der Waals surface area contributed by atoms with E-state index in [-0.39, 0.29) is 5.91 Å². The molecule has 1 aromatic carbocycles. The van der Waals surface area contributed by atoms with E-state index >= 15 is 0 Å². The Hall–Kier alpha value is -2.27. The number of benzene rings is 1. The van der Waals surface area contributed by atoms with Gasteiger partial charge in [0.2, 0.25) is 5.91 Å². The Kier molecular flexibility index (Phi) is 4.20. The molecular formula is C14H14N2O2S. The molecule has 1 aromatic heterocycles. The summed E-state index contributed by atoms with van der Waals surface area (Å²) in [4.78, 5) is 12.8. The van der Waals surface area contributed by atoms with E-state index in [2.05, 4.69) is 5.32 Å². The predicted octanol–water partition coefficient (Wildman–Crippen LogP) is 2.99. The molecular weight excluding hydrogens is 260 g/mol. The zero-order chi connectivity index (χ0) is 13.7. The maximum absolute atomic E-state index is 11.7. The normalized spacial score (nSPS) is 10.6. The summed E-state index contributed by atoms with van der Waals surface area (Å²) in [5, 5.41) is 4.71. The van der Waals surface area contributed by atoms with Crippen molar-refractivity contribution in [3.8, 4) is 5.75 Å². The minimum absolute atomic E-state index is 0.194. The van der Waals surface area contributed by atoms with Crippen molar-refractivity contribution in [2.24, 2.45) is 0 Å². The summed E-state index contributed by atoms with van der Waals surface area (Å²) in [6.45, 7) is 0. The first-order valence-electron chi connectivity index (χ1n) is 5.65. The molecule has 0 saturated heterocycles. The summed E-state index contributed by atoms with van der Waals surface area (Å²) in [7, 11) is 1.54. The van der Waals surface area contributed by atoms with Crippen molar-refractivity contribution in [1.29, 1.82) is 0 Å². The van der Waals surface area contributed by atoms with E-state index in [1.165, 1.54) is 13.2 Å². The Bertz CT molecular complexity index is 591. The van der Waals surface area contributed by atoms with Gasteiger partial charge in [0, 0.05) is 22.7 Å². The molecule has 0 aliphatic rings. The van der Waals surface area contributed by atoms with Crippen LogP contribution in [-0.4, -0.2) is 13.0 Å². The molecule has 0 atom stereocenters. The molecule has 0 aliphatic heterocycles. The van der Waals surface area contributed by atoms with Crippen molar-refractivity contribution in [2.45, 2.75) is 0 Å². The van der Waals surface area contributed by atoms with Crippen LogP contribution in [0.25, 0.3) is 6.08 Å². The molecule has 3 N–H and O–H groups in total. The van der Waals surface area contributed by atoms with E-state index in [4.69, 9.17) is 10.5 Å². The van der Waals surface area contributed by atoms with Gasteiger partial charge < -0.3 is 15.8 Å². The van der Waals surface area contributed by atoms with Crippen molar-refractivity contribution in [3.63, 3.8) is 0 Å². The van der Waals surface area contributed by atoms with Gasteiger partial charge in [-0.2, -0.15) is 0 Å². The summed E-state index contributed by atoms with van der Waals surface area (Å²) in [5.41, 5.74) is 6.89. The first-order valence-corrected chi connectivity index (χ1v) is 6.53. The number of carbonyl (C=O) groups is 1. The summed E-state index contributed by atoms with van der Waals surface area (Å²) >= 11 is 1.58. The van der Waals surface area contributed by atoms with Gasteiger partial charge in [-0.05, 0) is 29.7 Å². The van der Waals surface area contributed by atoms with Gasteiger partial charge in [-0.1, -0.05) is 6.07 Å². The molecule has 5 heteroatoms. The molecule has 0 fully saturated rings. The number of rotatable bonds is 4. The quantitative estimate of drug-likeness (QED) is 0.665. The third kappa shape index (κ3) is 3.59. The van der Waals surface area contributed by atoms with Gasteiger partial charge in [0.25, 0.3) is 0 Å². The van der Waals surface area contributed by atoms with Crippen LogP contribution in [0.5, 0.6) is 5.75 Å². The second kappa shape index (κ2) is 6.06. The van der Waals surface area contributed by atoms with Crippen LogP contribution in [0.1, 0.15) is 4.88 Å². The zero-order valence-corrected chi connectivity index (χ0v) is 11.2. The number of thiophene rings is 1. The van der Waals surface area contributed by atoms with E-state index in [1.54, 1.807) is 35.6 Å². The average Bonchev–Trinajstić information content (AvgIpc) is 2.92. The minimum atomic E-state index is -0.194. The number of methoxy groups -OCH3 is 1. The Morgan fingerprint density at radius 2 is 2.26 bits per heavy atom. The number of ether oxygens (including phenoxy) is 1. The maximum Gasteiger partial charge on any atom is 0.248 e. The molecule has 0 spiro atoms. The minimum Gasteiger partial charge on any atom is -0.495 e. The zero-order valence-electron chi connectivity index (χ0n) is 10.4. The van der Waals surface area contributed by atoms with E-state index in [0.717, 1.165) is 4.88 Å².